The number of hydrogen-bond acceptors (Lipinski definition) is 11. The highest BCUT2D eigenvalue weighted by Crippen LogP contribution is 2.37. The molecule has 0 spiro atoms. The van der Waals surface area contributed by atoms with Crippen molar-refractivity contribution in [3.8, 4) is 0 Å². The first-order valence-corrected chi connectivity index (χ1v) is 11.5. The molecule has 0 radical (unpaired) electrons. The number of hydrogen-bond donors (Lipinski definition) is 6. The number of aliphatic carboxylic acids is 1. The van der Waals surface area contributed by atoms with Crippen LogP contribution in [0.3, 0.4) is 0 Å². The molecule has 0 aliphatic rings. The smallest absolute Gasteiger partial charge is 0.416 e. The number of benzene rings is 2. The summed E-state index contributed by atoms with van der Waals surface area (Å²) < 4.78 is 38.3. The Kier molecular flexibility index (Phi) is 8.29. The summed E-state index contributed by atoms with van der Waals surface area (Å²) in [5.74, 6) is -10.9. The zero-order valence-corrected chi connectivity index (χ0v) is 22.0. The number of amides is 1. The van der Waals surface area contributed by atoms with Crippen molar-refractivity contribution < 1.29 is 53.5 Å². The maximum absolute atomic E-state index is 12.8. The van der Waals surface area contributed by atoms with Crippen molar-refractivity contribution in [2.45, 2.75) is 17.8 Å². The molecule has 0 bridgehead atoms. The number of nitrogens with zero attached hydrogens (tertiary/aromatic N) is 5. The van der Waals surface area contributed by atoms with Crippen molar-refractivity contribution >= 4 is 29.2 Å². The molecule has 3 rings (SSSR count). The molecule has 1 amide bonds. The third-order valence-electron chi connectivity index (χ3n) is 5.84. The van der Waals surface area contributed by atoms with E-state index in [2.05, 4.69) is 9.97 Å². The summed E-state index contributed by atoms with van der Waals surface area (Å²) >= 11 is 0. The van der Waals surface area contributed by atoms with E-state index in [1.54, 1.807) is 0 Å². The van der Waals surface area contributed by atoms with Gasteiger partial charge in [-0.05, 0) is 36.4 Å². The number of rotatable bonds is 8. The van der Waals surface area contributed by atoms with Gasteiger partial charge in [0.05, 0.1) is 11.3 Å². The number of halogens is 3. The number of carbonyl (C=O) groups is 2. The predicted octanol–water partition coefficient (Wildman–Crippen LogP) is 1.07. The number of carboxylic acids is 1. The van der Waals surface area contributed by atoms with Gasteiger partial charge in [0.2, 0.25) is 0 Å². The van der Waals surface area contributed by atoms with E-state index in [0.29, 0.717) is 12.1 Å². The van der Waals surface area contributed by atoms with Crippen LogP contribution in [0.25, 0.3) is 0 Å². The molecule has 0 aliphatic carbocycles. The van der Waals surface area contributed by atoms with Gasteiger partial charge >= 0.3 is 12.1 Å². The zero-order chi connectivity index (χ0) is 31.1. The first-order chi connectivity index (χ1) is 18.8. The Hall–Kier alpha value is -4.35. The molecule has 2 aromatic carbocycles. The van der Waals surface area contributed by atoms with Gasteiger partial charge in [-0.25, -0.2) is 14.8 Å². The lowest BCUT2D eigenvalue weighted by molar-refractivity contribution is -0.207. The third-order valence-corrected chi connectivity index (χ3v) is 5.84. The lowest BCUT2D eigenvalue weighted by atomic mass is 10.0. The number of aliphatic hydroxyl groups is 4. The van der Waals surface area contributed by atoms with Gasteiger partial charge < -0.3 is 35.3 Å². The second-order valence-electron chi connectivity index (χ2n) is 9.25. The standard InChI is InChI=1S/C25H26F3N5O8/c1-31(2)18-17(24(39,40)22(35)36)19(32(3)4)30-21(29-18)23(37,38)14-9-11-16(12-10-14)33(41)20(34)13-5-7-15(8-6-13)25(26,27)28/h5-12,37-41H,1-4H3,(H,35,36). The minimum absolute atomic E-state index is 0.149. The van der Waals surface area contributed by atoms with Gasteiger partial charge in [-0.1, -0.05) is 12.1 Å². The van der Waals surface area contributed by atoms with Gasteiger partial charge in [0, 0.05) is 39.3 Å². The molecule has 13 nitrogen and oxygen atoms in total. The van der Waals surface area contributed by atoms with Gasteiger partial charge in [0.25, 0.3) is 17.5 Å². The molecular weight excluding hydrogens is 555 g/mol. The van der Waals surface area contributed by atoms with Crippen LogP contribution in [0, 0.1) is 0 Å². The molecule has 1 aromatic heterocycles. The first kappa shape index (κ1) is 31.2. The largest absolute Gasteiger partial charge is 0.477 e. The first-order valence-electron chi connectivity index (χ1n) is 11.5. The average molecular weight is 582 g/mol. The van der Waals surface area contributed by atoms with Gasteiger partial charge in [-0.15, -0.1) is 0 Å². The molecule has 1 heterocycles. The Morgan fingerprint density at radius 1 is 0.756 bits per heavy atom. The van der Waals surface area contributed by atoms with Gasteiger partial charge in [-0.2, -0.15) is 18.2 Å². The van der Waals surface area contributed by atoms with Crippen LogP contribution in [-0.4, -0.2) is 80.8 Å². The second kappa shape index (κ2) is 10.9. The van der Waals surface area contributed by atoms with Crippen LogP contribution in [-0.2, 0) is 22.5 Å². The van der Waals surface area contributed by atoms with Crippen molar-refractivity contribution in [3.63, 3.8) is 0 Å². The topological polar surface area (TPSA) is 191 Å². The minimum atomic E-state index is -4.61. The normalized spacial score (nSPS) is 12.2. The molecule has 0 saturated heterocycles. The highest BCUT2D eigenvalue weighted by molar-refractivity contribution is 6.04. The summed E-state index contributed by atoms with van der Waals surface area (Å²) in [6, 6.07) is 7.50. The van der Waals surface area contributed by atoms with E-state index in [-0.39, 0.29) is 33.5 Å². The number of anilines is 3. The molecule has 41 heavy (non-hydrogen) atoms. The number of alkyl halides is 3. The Balaban J connectivity index is 2.00. The Bertz CT molecular complexity index is 1410. The highest BCUT2D eigenvalue weighted by Gasteiger charge is 2.45. The zero-order valence-electron chi connectivity index (χ0n) is 22.0. The monoisotopic (exact) mass is 581 g/mol. The number of carboxylic acid groups (broad SMARTS) is 1. The van der Waals surface area contributed by atoms with Gasteiger partial charge in [0.15, 0.2) is 5.82 Å². The Morgan fingerprint density at radius 3 is 1.59 bits per heavy atom. The van der Waals surface area contributed by atoms with Crippen LogP contribution >= 0.6 is 0 Å². The number of aromatic nitrogens is 2. The van der Waals surface area contributed by atoms with E-state index >= 15 is 0 Å². The molecule has 0 unspecified atom stereocenters. The van der Waals surface area contributed by atoms with E-state index in [9.17, 15) is 53.5 Å². The van der Waals surface area contributed by atoms with Crippen molar-refractivity contribution in [1.29, 1.82) is 0 Å². The molecule has 16 heteroatoms. The van der Waals surface area contributed by atoms with E-state index in [1.807, 2.05) is 0 Å². The molecule has 0 aliphatic heterocycles. The van der Waals surface area contributed by atoms with Crippen molar-refractivity contribution in [1.82, 2.24) is 9.97 Å². The van der Waals surface area contributed by atoms with Crippen LogP contribution < -0.4 is 14.9 Å². The molecule has 0 atom stereocenters. The van der Waals surface area contributed by atoms with Crippen molar-refractivity contribution in [3.05, 3.63) is 76.6 Å². The van der Waals surface area contributed by atoms with Crippen LogP contribution in [0.15, 0.2) is 48.5 Å². The minimum Gasteiger partial charge on any atom is -0.477 e. The fourth-order valence-electron chi connectivity index (χ4n) is 3.66. The summed E-state index contributed by atoms with van der Waals surface area (Å²) in [5, 5.41) is 62.4. The lowest BCUT2D eigenvalue weighted by Crippen LogP contribution is -2.40. The fraction of sp³-hybridized carbons (Fsp3) is 0.280. The third kappa shape index (κ3) is 6.06. The van der Waals surface area contributed by atoms with Crippen LogP contribution in [0.5, 0.6) is 0 Å². The van der Waals surface area contributed by atoms with Crippen LogP contribution in [0.2, 0.25) is 0 Å². The Labute approximate surface area is 230 Å². The summed E-state index contributed by atoms with van der Waals surface area (Å²) in [6.07, 6.45) is -4.61. The molecular formula is C25H26F3N5O8. The summed E-state index contributed by atoms with van der Waals surface area (Å²) in [7, 11) is 5.56. The van der Waals surface area contributed by atoms with Crippen LogP contribution in [0.4, 0.5) is 30.5 Å². The average Bonchev–Trinajstić information content (AvgIpc) is 2.90. The van der Waals surface area contributed by atoms with Crippen molar-refractivity contribution in [2.75, 3.05) is 43.1 Å². The van der Waals surface area contributed by atoms with E-state index in [4.69, 9.17) is 0 Å². The Morgan fingerprint density at radius 2 is 1.20 bits per heavy atom. The predicted molar refractivity (Wildman–Crippen MR) is 136 cm³/mol. The molecule has 220 valence electrons. The van der Waals surface area contributed by atoms with E-state index < -0.39 is 46.6 Å². The molecule has 6 N–H and O–H groups in total. The van der Waals surface area contributed by atoms with Gasteiger partial charge in [-0.3, -0.25) is 10.0 Å². The van der Waals surface area contributed by atoms with Gasteiger partial charge in [0.1, 0.15) is 17.2 Å². The SMILES string of the molecule is CN(C)c1nc(C(O)(O)c2ccc(N(O)C(=O)c3ccc(C(F)(F)F)cc3)cc2)nc(N(C)C)c1C(O)(O)C(=O)O. The maximum Gasteiger partial charge on any atom is 0.416 e. The molecule has 0 fully saturated rings. The number of carbonyl (C=O) groups excluding carboxylic acids is 1. The quantitative estimate of drug-likeness (QED) is 0.126. The number of hydroxylamine groups is 1. The summed E-state index contributed by atoms with van der Waals surface area (Å²) in [5.41, 5.74) is -2.35. The molecule has 3 aromatic rings. The highest BCUT2D eigenvalue weighted by atomic mass is 19.4. The summed E-state index contributed by atoms with van der Waals surface area (Å²) in [4.78, 5) is 34.5. The lowest BCUT2D eigenvalue weighted by Gasteiger charge is -2.30. The summed E-state index contributed by atoms with van der Waals surface area (Å²) in [6.45, 7) is 0. The molecule has 0 saturated carbocycles. The van der Waals surface area contributed by atoms with E-state index in [1.165, 1.54) is 38.0 Å². The van der Waals surface area contributed by atoms with Crippen LogP contribution in [0.1, 0.15) is 32.9 Å². The maximum atomic E-state index is 12.8. The fourth-order valence-corrected chi connectivity index (χ4v) is 3.66. The van der Waals surface area contributed by atoms with E-state index in [0.717, 1.165) is 36.4 Å². The second-order valence-corrected chi connectivity index (χ2v) is 9.25. The van der Waals surface area contributed by atoms with Crippen molar-refractivity contribution in [2.24, 2.45) is 0 Å².